The van der Waals surface area contributed by atoms with Crippen molar-refractivity contribution < 1.29 is 26.4 Å². The molecular weight excluding hydrogens is 180 g/mol. The molecule has 4 nitrogen and oxygen atoms in total. The minimum atomic E-state index is -0.703. The summed E-state index contributed by atoms with van der Waals surface area (Å²) < 4.78 is 5.41. The number of likely N-dealkylation sites (N-methyl/N-ethyl adjacent to an activating group) is 1. The predicted octanol–water partition coefficient (Wildman–Crippen LogP) is -2.82. The fourth-order valence-corrected chi connectivity index (χ4v) is 0.426. The van der Waals surface area contributed by atoms with Gasteiger partial charge in [0.2, 0.25) is 0 Å². The Labute approximate surface area is 79.7 Å². The molecule has 0 saturated carbocycles. The molecule has 0 heterocycles. The monoisotopic (exact) mass is 196 g/mol. The Kier molecular flexibility index (Phi) is 6.11. The first-order valence-electron chi connectivity index (χ1n) is 3.57. The molecule has 0 aliphatic carbocycles. The lowest BCUT2D eigenvalue weighted by atomic mass is 10.3. The summed E-state index contributed by atoms with van der Waals surface area (Å²) in [5.74, 6) is 0. The van der Waals surface area contributed by atoms with Crippen LogP contribution in [0.25, 0.3) is 0 Å². The van der Waals surface area contributed by atoms with E-state index in [1.165, 1.54) is 0 Å². The molecule has 0 rings (SSSR count). The van der Waals surface area contributed by atoms with Crippen LogP contribution in [0.3, 0.4) is 0 Å². The highest BCUT2D eigenvalue weighted by Gasteiger charge is 2.18. The van der Waals surface area contributed by atoms with E-state index in [-0.39, 0.29) is 18.4 Å². The van der Waals surface area contributed by atoms with Gasteiger partial charge in [0.15, 0.2) is 0 Å². The molecule has 0 spiro atoms. The molecule has 0 radical (unpaired) electrons. The molecule has 74 valence electrons. The number of carbonyl (C=O) groups excluding carboxylic acids is 1. The smallest absolute Gasteiger partial charge is 0.404 e. The summed E-state index contributed by atoms with van der Waals surface area (Å²) in [7, 11) is 6.11. The molecule has 0 fully saturated rings. The first-order valence-corrected chi connectivity index (χ1v) is 3.57. The Morgan fingerprint density at radius 3 is 2.17 bits per heavy atom. The van der Waals surface area contributed by atoms with Gasteiger partial charge in [0, 0.05) is 0 Å². The standard InChI is InChI=1S/C7H16N2O2.ClH/c1-6(9(2,3)4)5-11-7(8)10;/h6H,5H2,1-4H3,(H-,8,10);1H. The van der Waals surface area contributed by atoms with Crippen LogP contribution in [-0.4, -0.2) is 44.4 Å². The van der Waals surface area contributed by atoms with Crippen LogP contribution >= 0.6 is 0 Å². The van der Waals surface area contributed by atoms with Gasteiger partial charge in [-0.25, -0.2) is 4.79 Å². The van der Waals surface area contributed by atoms with E-state index in [2.05, 4.69) is 4.74 Å². The van der Waals surface area contributed by atoms with E-state index < -0.39 is 6.09 Å². The lowest BCUT2D eigenvalue weighted by Crippen LogP contribution is -3.00. The number of primary amides is 1. The second kappa shape index (κ2) is 5.22. The number of halogens is 1. The number of carbonyl (C=O) groups is 1. The molecule has 0 aliphatic rings. The number of hydrogen-bond acceptors (Lipinski definition) is 2. The van der Waals surface area contributed by atoms with Crippen LogP contribution in [0.5, 0.6) is 0 Å². The molecule has 0 aromatic rings. The number of quaternary nitrogens is 1. The molecule has 0 aliphatic heterocycles. The maximum atomic E-state index is 10.2. The van der Waals surface area contributed by atoms with E-state index in [1.807, 2.05) is 28.1 Å². The Morgan fingerprint density at radius 1 is 1.50 bits per heavy atom. The number of rotatable bonds is 3. The van der Waals surface area contributed by atoms with Crippen molar-refractivity contribution in [2.75, 3.05) is 27.7 Å². The maximum absolute atomic E-state index is 10.2. The van der Waals surface area contributed by atoms with Crippen LogP contribution in [0.1, 0.15) is 6.92 Å². The molecule has 0 aromatic carbocycles. The number of nitrogens with two attached hydrogens (primary N) is 1. The van der Waals surface area contributed by atoms with Crippen LogP contribution in [0.15, 0.2) is 0 Å². The van der Waals surface area contributed by atoms with Gasteiger partial charge in [-0.05, 0) is 6.92 Å². The summed E-state index contributed by atoms with van der Waals surface area (Å²) in [6.45, 7) is 2.38. The minimum absolute atomic E-state index is 0. The first-order chi connectivity index (χ1) is 4.84. The minimum Gasteiger partial charge on any atom is -1.00 e. The number of nitrogens with zero attached hydrogens (tertiary/aromatic N) is 1. The fraction of sp³-hybridized carbons (Fsp3) is 0.857. The number of hydrogen-bond donors (Lipinski definition) is 1. The van der Waals surface area contributed by atoms with E-state index in [0.717, 1.165) is 4.48 Å². The highest BCUT2D eigenvalue weighted by Crippen LogP contribution is 2.01. The van der Waals surface area contributed by atoms with Gasteiger partial charge >= 0.3 is 6.09 Å². The normalized spacial score (nSPS) is 13.0. The predicted molar refractivity (Wildman–Crippen MR) is 43.0 cm³/mol. The van der Waals surface area contributed by atoms with Crippen molar-refractivity contribution in [2.24, 2.45) is 5.73 Å². The highest BCUT2D eigenvalue weighted by molar-refractivity contribution is 5.64. The van der Waals surface area contributed by atoms with E-state index in [9.17, 15) is 4.79 Å². The van der Waals surface area contributed by atoms with Crippen molar-refractivity contribution in [1.29, 1.82) is 0 Å². The zero-order valence-electron chi connectivity index (χ0n) is 8.00. The molecule has 5 heteroatoms. The Balaban J connectivity index is 0. The number of ether oxygens (including phenoxy) is 1. The van der Waals surface area contributed by atoms with Gasteiger partial charge in [-0.2, -0.15) is 0 Å². The van der Waals surface area contributed by atoms with E-state index in [0.29, 0.717) is 6.61 Å². The van der Waals surface area contributed by atoms with Gasteiger partial charge in [0.25, 0.3) is 0 Å². The van der Waals surface area contributed by atoms with Crippen molar-refractivity contribution in [3.05, 3.63) is 0 Å². The van der Waals surface area contributed by atoms with E-state index >= 15 is 0 Å². The van der Waals surface area contributed by atoms with Crippen molar-refractivity contribution in [3.63, 3.8) is 0 Å². The topological polar surface area (TPSA) is 52.3 Å². The summed E-state index contributed by atoms with van der Waals surface area (Å²) in [4.78, 5) is 10.2. The van der Waals surface area contributed by atoms with Crippen LogP contribution in [0, 0.1) is 0 Å². The molecule has 12 heavy (non-hydrogen) atoms. The van der Waals surface area contributed by atoms with E-state index in [4.69, 9.17) is 5.73 Å². The average molecular weight is 197 g/mol. The SMILES string of the molecule is CC(COC(N)=O)[N+](C)(C)C.[Cl-]. The molecule has 1 amide bonds. The van der Waals surface area contributed by atoms with E-state index in [1.54, 1.807) is 0 Å². The van der Waals surface area contributed by atoms with Crippen LogP contribution in [-0.2, 0) is 4.74 Å². The second-order valence-electron chi connectivity index (χ2n) is 3.60. The van der Waals surface area contributed by atoms with Gasteiger partial charge in [-0.15, -0.1) is 0 Å². The zero-order chi connectivity index (χ0) is 9.07. The van der Waals surface area contributed by atoms with Gasteiger partial charge < -0.3 is 27.4 Å². The quantitative estimate of drug-likeness (QED) is 0.496. The summed E-state index contributed by atoms with van der Waals surface area (Å²) in [6, 6.07) is 0.266. The Bertz CT molecular complexity index is 145. The summed E-state index contributed by atoms with van der Waals surface area (Å²) >= 11 is 0. The van der Waals surface area contributed by atoms with Crippen molar-refractivity contribution >= 4 is 6.09 Å². The molecule has 0 bridgehead atoms. The largest absolute Gasteiger partial charge is 1.00 e. The molecule has 1 unspecified atom stereocenters. The van der Waals surface area contributed by atoms with Crippen molar-refractivity contribution in [2.45, 2.75) is 13.0 Å². The first kappa shape index (κ1) is 14.1. The second-order valence-corrected chi connectivity index (χ2v) is 3.60. The van der Waals surface area contributed by atoms with Crippen molar-refractivity contribution in [3.8, 4) is 0 Å². The molecular formula is C7H17ClN2O2. The Morgan fingerprint density at radius 2 is 1.92 bits per heavy atom. The van der Waals surface area contributed by atoms with Gasteiger partial charge in [0.1, 0.15) is 12.6 Å². The average Bonchev–Trinajstić information content (AvgIpc) is 1.80. The lowest BCUT2D eigenvalue weighted by molar-refractivity contribution is -0.894. The summed E-state index contributed by atoms with van der Waals surface area (Å²) in [6.07, 6.45) is -0.703. The summed E-state index contributed by atoms with van der Waals surface area (Å²) in [5.41, 5.74) is 4.82. The lowest BCUT2D eigenvalue weighted by Gasteiger charge is -2.30. The Hall–Kier alpha value is -0.480. The van der Waals surface area contributed by atoms with Crippen LogP contribution < -0.4 is 18.1 Å². The van der Waals surface area contributed by atoms with Gasteiger partial charge in [0.05, 0.1) is 21.1 Å². The third kappa shape index (κ3) is 6.24. The van der Waals surface area contributed by atoms with Gasteiger partial charge in [-0.3, -0.25) is 0 Å². The molecule has 0 saturated heterocycles. The molecule has 2 N–H and O–H groups in total. The zero-order valence-corrected chi connectivity index (χ0v) is 8.76. The molecule has 0 aromatic heterocycles. The summed E-state index contributed by atoms with van der Waals surface area (Å²) in [5, 5.41) is 0. The fourth-order valence-electron chi connectivity index (χ4n) is 0.426. The highest BCUT2D eigenvalue weighted by atomic mass is 35.5. The number of amides is 1. The van der Waals surface area contributed by atoms with Crippen LogP contribution in [0.4, 0.5) is 4.79 Å². The van der Waals surface area contributed by atoms with Gasteiger partial charge in [-0.1, -0.05) is 0 Å². The maximum Gasteiger partial charge on any atom is 0.404 e. The molecule has 1 atom stereocenters. The van der Waals surface area contributed by atoms with Crippen molar-refractivity contribution in [1.82, 2.24) is 0 Å². The third-order valence-corrected chi connectivity index (χ3v) is 1.79. The third-order valence-electron chi connectivity index (χ3n) is 1.79. The van der Waals surface area contributed by atoms with Crippen LogP contribution in [0.2, 0.25) is 0 Å².